The smallest absolute Gasteiger partial charge is 0.272 e. The maximum absolute atomic E-state index is 11.2. The van der Waals surface area contributed by atoms with E-state index in [2.05, 4.69) is 5.32 Å². The number of aliphatic hydroxyl groups is 3. The molecule has 2 aromatic rings. The third-order valence-corrected chi connectivity index (χ3v) is 4.87. The summed E-state index contributed by atoms with van der Waals surface area (Å²) >= 11 is 1.36. The molecule has 4 atom stereocenters. The number of non-ortho nitro benzene ring substituents is 1. The Morgan fingerprint density at radius 3 is 2.50 bits per heavy atom. The first-order valence-corrected chi connectivity index (χ1v) is 8.70. The highest BCUT2D eigenvalue weighted by Gasteiger charge is 2.37. The van der Waals surface area contributed by atoms with Crippen LogP contribution in [0, 0.1) is 10.1 Å². The lowest BCUT2D eigenvalue weighted by molar-refractivity contribution is -0.385. The maximum Gasteiger partial charge on any atom is 0.272 e. The SMILES string of the molecule is O=[N+]([O-])c1cc(N[C@@H]2OC[C@H](O)[C@@H](O)[C@@H]2O)cc(Sc2ccccc2)c1. The Bertz CT molecular complexity index is 775. The van der Waals surface area contributed by atoms with E-state index in [9.17, 15) is 25.4 Å². The Hall–Kier alpha value is -2.17. The Labute approximate surface area is 153 Å². The van der Waals surface area contributed by atoms with Gasteiger partial charge in [-0.25, -0.2) is 0 Å². The molecule has 0 aromatic heterocycles. The molecular formula is C17H18N2O6S. The lowest BCUT2D eigenvalue weighted by Gasteiger charge is -2.35. The number of nitro groups is 1. The van der Waals surface area contributed by atoms with E-state index in [0.717, 1.165) is 4.90 Å². The lowest BCUT2D eigenvalue weighted by Crippen LogP contribution is -2.55. The van der Waals surface area contributed by atoms with E-state index in [4.69, 9.17) is 4.74 Å². The van der Waals surface area contributed by atoms with Crippen LogP contribution < -0.4 is 5.32 Å². The number of nitro benzene ring substituents is 1. The van der Waals surface area contributed by atoms with Gasteiger partial charge in [0.2, 0.25) is 0 Å². The molecule has 0 bridgehead atoms. The van der Waals surface area contributed by atoms with Crippen molar-refractivity contribution in [2.75, 3.05) is 11.9 Å². The zero-order chi connectivity index (χ0) is 18.7. The first kappa shape index (κ1) is 18.6. The minimum absolute atomic E-state index is 0.112. The molecule has 0 unspecified atom stereocenters. The van der Waals surface area contributed by atoms with Crippen molar-refractivity contribution in [1.82, 2.24) is 0 Å². The number of nitrogens with zero attached hydrogens (tertiary/aromatic N) is 1. The minimum Gasteiger partial charge on any atom is -0.388 e. The van der Waals surface area contributed by atoms with Crippen LogP contribution in [0.25, 0.3) is 0 Å². The van der Waals surface area contributed by atoms with Crippen LogP contribution in [0.15, 0.2) is 58.3 Å². The van der Waals surface area contributed by atoms with Crippen molar-refractivity contribution >= 4 is 23.1 Å². The molecule has 0 radical (unpaired) electrons. The molecule has 0 spiro atoms. The van der Waals surface area contributed by atoms with E-state index in [1.54, 1.807) is 6.07 Å². The topological polar surface area (TPSA) is 125 Å². The molecule has 26 heavy (non-hydrogen) atoms. The Kier molecular flexibility index (Phi) is 5.74. The van der Waals surface area contributed by atoms with Crippen LogP contribution in [0.5, 0.6) is 0 Å². The molecule has 1 aliphatic rings. The molecule has 3 rings (SSSR count). The summed E-state index contributed by atoms with van der Waals surface area (Å²) in [4.78, 5) is 12.3. The molecule has 2 aromatic carbocycles. The quantitative estimate of drug-likeness (QED) is 0.457. The third kappa shape index (κ3) is 4.32. The van der Waals surface area contributed by atoms with E-state index in [-0.39, 0.29) is 12.3 Å². The second-order valence-electron chi connectivity index (χ2n) is 5.83. The van der Waals surface area contributed by atoms with Crippen molar-refractivity contribution in [3.05, 3.63) is 58.6 Å². The Morgan fingerprint density at radius 2 is 1.81 bits per heavy atom. The number of ether oxygens (including phenoxy) is 1. The fraction of sp³-hybridized carbons (Fsp3) is 0.294. The Morgan fingerprint density at radius 1 is 1.08 bits per heavy atom. The second kappa shape index (κ2) is 8.02. The summed E-state index contributed by atoms with van der Waals surface area (Å²) in [6, 6.07) is 13.9. The molecule has 4 N–H and O–H groups in total. The van der Waals surface area contributed by atoms with E-state index in [1.165, 1.54) is 23.9 Å². The predicted molar refractivity (Wildman–Crippen MR) is 95.0 cm³/mol. The second-order valence-corrected chi connectivity index (χ2v) is 6.98. The summed E-state index contributed by atoms with van der Waals surface area (Å²) in [7, 11) is 0. The molecular weight excluding hydrogens is 360 g/mol. The summed E-state index contributed by atoms with van der Waals surface area (Å²) in [5.74, 6) is 0. The average Bonchev–Trinajstić information content (AvgIpc) is 2.63. The molecule has 0 aliphatic carbocycles. The monoisotopic (exact) mass is 378 g/mol. The van der Waals surface area contributed by atoms with Crippen LogP contribution in [0.4, 0.5) is 11.4 Å². The zero-order valence-electron chi connectivity index (χ0n) is 13.6. The number of anilines is 1. The molecule has 1 heterocycles. The third-order valence-electron chi connectivity index (χ3n) is 3.89. The van der Waals surface area contributed by atoms with Gasteiger partial charge < -0.3 is 25.4 Å². The van der Waals surface area contributed by atoms with Crippen molar-refractivity contribution in [3.63, 3.8) is 0 Å². The van der Waals surface area contributed by atoms with Crippen LogP contribution in [0.1, 0.15) is 0 Å². The van der Waals surface area contributed by atoms with Crippen LogP contribution in [-0.2, 0) is 4.74 Å². The van der Waals surface area contributed by atoms with E-state index < -0.39 is 29.5 Å². The van der Waals surface area contributed by atoms with Gasteiger partial charge in [0.25, 0.3) is 5.69 Å². The van der Waals surface area contributed by atoms with Crippen molar-refractivity contribution in [2.24, 2.45) is 0 Å². The summed E-state index contributed by atoms with van der Waals surface area (Å²) in [6.07, 6.45) is -4.91. The number of aliphatic hydroxyl groups excluding tert-OH is 3. The first-order valence-electron chi connectivity index (χ1n) is 7.89. The van der Waals surface area contributed by atoms with Gasteiger partial charge in [-0.15, -0.1) is 0 Å². The highest BCUT2D eigenvalue weighted by Crippen LogP contribution is 2.33. The largest absolute Gasteiger partial charge is 0.388 e. The fourth-order valence-electron chi connectivity index (χ4n) is 2.55. The molecule has 138 valence electrons. The van der Waals surface area contributed by atoms with Crippen LogP contribution in [0.2, 0.25) is 0 Å². The van der Waals surface area contributed by atoms with E-state index in [0.29, 0.717) is 10.6 Å². The first-order chi connectivity index (χ1) is 12.4. The molecule has 8 nitrogen and oxygen atoms in total. The van der Waals surface area contributed by atoms with Gasteiger partial charge in [0.05, 0.1) is 11.5 Å². The van der Waals surface area contributed by atoms with Crippen LogP contribution in [-0.4, -0.2) is 51.4 Å². The number of nitrogens with one attached hydrogen (secondary N) is 1. The van der Waals surface area contributed by atoms with Gasteiger partial charge in [-0.3, -0.25) is 10.1 Å². The normalized spacial score (nSPS) is 25.7. The minimum atomic E-state index is -1.37. The molecule has 0 amide bonds. The van der Waals surface area contributed by atoms with Crippen molar-refractivity contribution in [1.29, 1.82) is 0 Å². The van der Waals surface area contributed by atoms with Gasteiger partial charge in [-0.2, -0.15) is 0 Å². The number of hydrogen-bond donors (Lipinski definition) is 4. The molecule has 0 saturated carbocycles. The molecule has 1 saturated heterocycles. The molecule has 1 fully saturated rings. The highest BCUT2D eigenvalue weighted by molar-refractivity contribution is 7.99. The maximum atomic E-state index is 11.2. The van der Waals surface area contributed by atoms with E-state index >= 15 is 0 Å². The van der Waals surface area contributed by atoms with Crippen molar-refractivity contribution in [2.45, 2.75) is 34.3 Å². The van der Waals surface area contributed by atoms with Crippen molar-refractivity contribution < 1.29 is 25.0 Å². The molecule has 9 heteroatoms. The summed E-state index contributed by atoms with van der Waals surface area (Å²) in [6.45, 7) is -0.156. The predicted octanol–water partition coefficient (Wildman–Crippen LogP) is 1.60. The van der Waals surface area contributed by atoms with Gasteiger partial charge >= 0.3 is 0 Å². The lowest BCUT2D eigenvalue weighted by atomic mass is 10.0. The average molecular weight is 378 g/mol. The molecule has 1 aliphatic heterocycles. The fourth-order valence-corrected chi connectivity index (χ4v) is 3.48. The highest BCUT2D eigenvalue weighted by atomic mass is 32.2. The van der Waals surface area contributed by atoms with Gasteiger partial charge in [0.15, 0.2) is 6.23 Å². The van der Waals surface area contributed by atoms with Gasteiger partial charge in [-0.05, 0) is 18.2 Å². The summed E-state index contributed by atoms with van der Waals surface area (Å²) in [5, 5.41) is 43.3. The summed E-state index contributed by atoms with van der Waals surface area (Å²) in [5.41, 5.74) is 0.254. The van der Waals surface area contributed by atoms with Gasteiger partial charge in [0, 0.05) is 27.6 Å². The zero-order valence-corrected chi connectivity index (χ0v) is 14.4. The number of rotatable bonds is 5. The van der Waals surface area contributed by atoms with Crippen molar-refractivity contribution in [3.8, 4) is 0 Å². The van der Waals surface area contributed by atoms with Gasteiger partial charge in [-0.1, -0.05) is 30.0 Å². The standard InChI is InChI=1S/C17H18N2O6S/c20-14-9-25-17(16(22)15(14)21)18-10-6-11(19(23)24)8-13(7-10)26-12-4-2-1-3-5-12/h1-8,14-18,20-22H,9H2/t14-,15+,16-,17+/m0/s1. The number of hydrogen-bond acceptors (Lipinski definition) is 8. The van der Waals surface area contributed by atoms with Crippen LogP contribution >= 0.6 is 11.8 Å². The van der Waals surface area contributed by atoms with Crippen LogP contribution in [0.3, 0.4) is 0 Å². The number of benzene rings is 2. The van der Waals surface area contributed by atoms with Gasteiger partial charge in [0.1, 0.15) is 18.3 Å². The summed E-state index contributed by atoms with van der Waals surface area (Å²) < 4.78 is 5.29. The van der Waals surface area contributed by atoms with E-state index in [1.807, 2.05) is 30.3 Å². The Balaban J connectivity index is 1.83.